The molecule has 0 heterocycles. The van der Waals surface area contributed by atoms with E-state index in [0.29, 0.717) is 5.75 Å². The van der Waals surface area contributed by atoms with Crippen LogP contribution in [0.2, 0.25) is 0 Å². The van der Waals surface area contributed by atoms with Gasteiger partial charge in [0.05, 0.1) is 0 Å². The molecule has 0 fully saturated rings. The van der Waals surface area contributed by atoms with Crippen molar-refractivity contribution in [2.75, 3.05) is 18.5 Å². The number of carbonyl (C=O) groups excluding carboxylic acids is 1. The van der Waals surface area contributed by atoms with Crippen molar-refractivity contribution >= 4 is 37.2 Å². The minimum absolute atomic E-state index is 0.216. The third-order valence-corrected chi connectivity index (χ3v) is 10.5. The summed E-state index contributed by atoms with van der Waals surface area (Å²) in [7, 11) is 0. The molecule has 0 aliphatic carbocycles. The molecule has 0 spiro atoms. The Morgan fingerprint density at radius 2 is 2.17 bits per heavy atom. The predicted molar refractivity (Wildman–Crippen MR) is 58.0 cm³/mol. The number of rotatable bonds is 6. The molecule has 2 nitrogen and oxygen atoms in total. The van der Waals surface area contributed by atoms with E-state index in [-0.39, 0.29) is 5.78 Å². The van der Waals surface area contributed by atoms with Crippen molar-refractivity contribution in [2.24, 2.45) is 0 Å². The molecule has 0 aliphatic rings. The molecule has 0 N–H and O–H groups in total. The standard InChI is InChI=1S/C7H15O2PSSe/c1-4-9-10(12,5-2)11-6-7(3)8/h4-6H2,1-3H3. The summed E-state index contributed by atoms with van der Waals surface area (Å²) in [5, 5.41) is 0. The zero-order chi connectivity index (χ0) is 9.61. The Labute approximate surface area is 85.9 Å². The summed E-state index contributed by atoms with van der Waals surface area (Å²) in [6.07, 6.45) is 0.985. The predicted octanol–water partition coefficient (Wildman–Crippen LogP) is 2.30. The van der Waals surface area contributed by atoms with E-state index in [9.17, 15) is 4.79 Å². The molecule has 0 saturated heterocycles. The van der Waals surface area contributed by atoms with E-state index in [0.717, 1.165) is 12.8 Å². The number of hydrogen-bond acceptors (Lipinski definition) is 3. The number of Topliss-reactive ketones (excluding diaryl/α,β-unsaturated/α-hetero) is 1. The fourth-order valence-electron chi connectivity index (χ4n) is 0.606. The van der Waals surface area contributed by atoms with Crippen LogP contribution in [0.15, 0.2) is 0 Å². The molecule has 0 saturated carbocycles. The molecular weight excluding hydrogens is 258 g/mol. The van der Waals surface area contributed by atoms with Crippen LogP contribution in [0.5, 0.6) is 0 Å². The third kappa shape index (κ3) is 5.55. The van der Waals surface area contributed by atoms with Gasteiger partial charge in [0.15, 0.2) is 0 Å². The van der Waals surface area contributed by atoms with Crippen LogP contribution in [0.1, 0.15) is 20.8 Å². The van der Waals surface area contributed by atoms with Crippen LogP contribution in [-0.4, -0.2) is 39.4 Å². The van der Waals surface area contributed by atoms with Crippen molar-refractivity contribution < 1.29 is 9.32 Å². The van der Waals surface area contributed by atoms with Gasteiger partial charge in [0.25, 0.3) is 0 Å². The molecule has 0 radical (unpaired) electrons. The van der Waals surface area contributed by atoms with Gasteiger partial charge in [-0.1, -0.05) is 0 Å². The van der Waals surface area contributed by atoms with E-state index in [2.05, 4.69) is 22.0 Å². The zero-order valence-electron chi connectivity index (χ0n) is 7.70. The van der Waals surface area contributed by atoms with Crippen LogP contribution in [0.25, 0.3) is 0 Å². The van der Waals surface area contributed by atoms with Crippen molar-refractivity contribution in [2.45, 2.75) is 20.8 Å². The van der Waals surface area contributed by atoms with E-state index in [1.54, 1.807) is 18.3 Å². The van der Waals surface area contributed by atoms with Gasteiger partial charge in [-0.3, -0.25) is 0 Å². The summed E-state index contributed by atoms with van der Waals surface area (Å²) < 4.78 is 5.60. The van der Waals surface area contributed by atoms with Gasteiger partial charge in [-0.05, 0) is 0 Å². The molecule has 5 heteroatoms. The molecule has 0 amide bonds. The molecule has 0 aliphatic heterocycles. The van der Waals surface area contributed by atoms with E-state index in [1.807, 2.05) is 6.92 Å². The van der Waals surface area contributed by atoms with Crippen LogP contribution in [0.3, 0.4) is 0 Å². The number of ketones is 1. The minimum atomic E-state index is -1.43. The first kappa shape index (κ1) is 12.9. The average Bonchev–Trinajstić information content (AvgIpc) is 2.02. The Balaban J connectivity index is 3.96. The number of hydrogen-bond donors (Lipinski definition) is 0. The van der Waals surface area contributed by atoms with Crippen molar-refractivity contribution in [1.82, 2.24) is 0 Å². The summed E-state index contributed by atoms with van der Waals surface area (Å²) in [5.41, 5.74) is 0. The first-order valence-electron chi connectivity index (χ1n) is 3.91. The van der Waals surface area contributed by atoms with Crippen LogP contribution in [0, 0.1) is 0 Å². The van der Waals surface area contributed by atoms with E-state index < -0.39 is 4.94 Å². The molecule has 0 aromatic heterocycles. The van der Waals surface area contributed by atoms with Gasteiger partial charge >= 0.3 is 85.8 Å². The van der Waals surface area contributed by atoms with Crippen molar-refractivity contribution in [3.63, 3.8) is 0 Å². The normalized spacial score (nSPS) is 15.6. The van der Waals surface area contributed by atoms with Gasteiger partial charge in [-0.25, -0.2) is 0 Å². The second-order valence-electron chi connectivity index (χ2n) is 2.32. The molecular formula is C7H15O2PSSe. The van der Waals surface area contributed by atoms with Gasteiger partial charge in [0.2, 0.25) is 0 Å². The fraction of sp³-hybridized carbons (Fsp3) is 0.857. The third-order valence-electron chi connectivity index (χ3n) is 1.18. The second kappa shape index (κ2) is 6.39. The molecule has 0 rings (SSSR count). The summed E-state index contributed by atoms with van der Waals surface area (Å²) >= 11 is 4.74. The van der Waals surface area contributed by atoms with Crippen LogP contribution in [-0.2, 0) is 9.32 Å². The van der Waals surface area contributed by atoms with E-state index in [1.165, 1.54) is 0 Å². The van der Waals surface area contributed by atoms with Gasteiger partial charge in [-0.2, -0.15) is 0 Å². The quantitative estimate of drug-likeness (QED) is 0.548. The van der Waals surface area contributed by atoms with E-state index >= 15 is 0 Å². The molecule has 1 unspecified atom stereocenters. The zero-order valence-corrected chi connectivity index (χ0v) is 11.1. The molecule has 0 aromatic rings. The Morgan fingerprint density at radius 1 is 1.58 bits per heavy atom. The van der Waals surface area contributed by atoms with Gasteiger partial charge in [-0.15, -0.1) is 0 Å². The summed E-state index contributed by atoms with van der Waals surface area (Å²) in [4.78, 5) is 9.30. The van der Waals surface area contributed by atoms with Crippen molar-refractivity contribution in [3.05, 3.63) is 0 Å². The fourth-order valence-corrected chi connectivity index (χ4v) is 5.70. The van der Waals surface area contributed by atoms with Crippen LogP contribution in [0.4, 0.5) is 0 Å². The Hall–Kier alpha value is 0.929. The van der Waals surface area contributed by atoms with E-state index in [4.69, 9.17) is 4.52 Å². The molecule has 1 atom stereocenters. The molecule has 72 valence electrons. The Kier molecular flexibility index (Phi) is 6.89. The average molecular weight is 273 g/mol. The Bertz CT molecular complexity index is 196. The first-order chi connectivity index (χ1) is 5.54. The maximum absolute atomic E-state index is 10.7. The first-order valence-corrected chi connectivity index (χ1v) is 9.61. The summed E-state index contributed by atoms with van der Waals surface area (Å²) in [6, 6.07) is 0. The molecule has 0 bridgehead atoms. The molecule has 12 heavy (non-hydrogen) atoms. The van der Waals surface area contributed by atoms with Crippen molar-refractivity contribution in [1.29, 1.82) is 0 Å². The molecule has 0 aromatic carbocycles. The maximum atomic E-state index is 10.7. The summed E-state index contributed by atoms with van der Waals surface area (Å²) in [6.45, 7) is 6.40. The van der Waals surface area contributed by atoms with Gasteiger partial charge in [0.1, 0.15) is 0 Å². The Morgan fingerprint density at radius 3 is 2.50 bits per heavy atom. The van der Waals surface area contributed by atoms with Crippen LogP contribution < -0.4 is 0 Å². The van der Waals surface area contributed by atoms with Gasteiger partial charge < -0.3 is 0 Å². The topological polar surface area (TPSA) is 26.3 Å². The second-order valence-corrected chi connectivity index (χ2v) is 12.8. The monoisotopic (exact) mass is 274 g/mol. The van der Waals surface area contributed by atoms with Crippen molar-refractivity contribution in [3.8, 4) is 0 Å². The summed E-state index contributed by atoms with van der Waals surface area (Å²) in [5.74, 6) is 0.780. The number of carbonyl (C=O) groups is 1. The van der Waals surface area contributed by atoms with Gasteiger partial charge in [0, 0.05) is 0 Å². The van der Waals surface area contributed by atoms with Crippen LogP contribution >= 0.6 is 16.3 Å². The SMILES string of the molecule is CCOP(=[Se])(CC)SCC(C)=O.